The summed E-state index contributed by atoms with van der Waals surface area (Å²) in [5, 5.41) is 25.8. The molecule has 19 heavy (non-hydrogen) atoms. The second kappa shape index (κ2) is 7.52. The number of nitrogens with one attached hydrogen (secondary N) is 2. The molecule has 7 heteroatoms. The van der Waals surface area contributed by atoms with Crippen molar-refractivity contribution in [2.75, 3.05) is 30.3 Å². The molecule has 0 aliphatic carbocycles. The third-order valence-corrected chi connectivity index (χ3v) is 2.52. The molecule has 0 fully saturated rings. The molecule has 0 saturated heterocycles. The van der Waals surface area contributed by atoms with E-state index in [2.05, 4.69) is 15.6 Å². The zero-order chi connectivity index (χ0) is 14.3. The highest BCUT2D eigenvalue weighted by molar-refractivity contribution is 5.54. The van der Waals surface area contributed by atoms with Gasteiger partial charge in [0.2, 0.25) is 0 Å². The summed E-state index contributed by atoms with van der Waals surface area (Å²) in [4.78, 5) is 14.7. The van der Waals surface area contributed by atoms with Crippen molar-refractivity contribution in [2.24, 2.45) is 5.92 Å². The minimum absolute atomic E-state index is 0.00671. The standard InChI is InChI=1S/C12H20N4O3/c1-3-4-13-11-5-10(16(18)19)6-12(15-11)14-7-9(2)8-17/h5-6,9,17H,3-4,7-8H2,1-2H3,(H2,13,14,15). The highest BCUT2D eigenvalue weighted by atomic mass is 16.6. The van der Waals surface area contributed by atoms with Gasteiger partial charge in [-0.3, -0.25) is 10.1 Å². The maximum Gasteiger partial charge on any atom is 0.276 e. The third-order valence-electron chi connectivity index (χ3n) is 2.52. The lowest BCUT2D eigenvalue weighted by Crippen LogP contribution is -2.15. The fourth-order valence-corrected chi connectivity index (χ4v) is 1.40. The molecule has 0 saturated carbocycles. The van der Waals surface area contributed by atoms with Crippen molar-refractivity contribution in [1.29, 1.82) is 0 Å². The summed E-state index contributed by atoms with van der Waals surface area (Å²) >= 11 is 0. The lowest BCUT2D eigenvalue weighted by Gasteiger charge is -2.11. The number of nitrogens with zero attached hydrogens (tertiary/aromatic N) is 2. The van der Waals surface area contributed by atoms with Crippen LogP contribution in [0, 0.1) is 16.0 Å². The lowest BCUT2D eigenvalue weighted by atomic mass is 10.2. The fraction of sp³-hybridized carbons (Fsp3) is 0.583. The van der Waals surface area contributed by atoms with E-state index >= 15 is 0 Å². The second-order valence-corrected chi connectivity index (χ2v) is 4.45. The van der Waals surface area contributed by atoms with Gasteiger partial charge in [-0.25, -0.2) is 4.98 Å². The van der Waals surface area contributed by atoms with Crippen LogP contribution in [0.25, 0.3) is 0 Å². The Morgan fingerprint density at radius 1 is 1.42 bits per heavy atom. The molecule has 3 N–H and O–H groups in total. The Labute approximate surface area is 112 Å². The van der Waals surface area contributed by atoms with Crippen LogP contribution in [0.4, 0.5) is 17.3 Å². The van der Waals surface area contributed by atoms with Gasteiger partial charge < -0.3 is 15.7 Å². The summed E-state index contributed by atoms with van der Waals surface area (Å²) in [5.41, 5.74) is -0.00671. The molecular formula is C12H20N4O3. The summed E-state index contributed by atoms with van der Waals surface area (Å²) in [6.45, 7) is 5.16. The molecule has 0 radical (unpaired) electrons. The van der Waals surface area contributed by atoms with Gasteiger partial charge in [-0.05, 0) is 12.3 Å². The molecule has 1 heterocycles. The van der Waals surface area contributed by atoms with Gasteiger partial charge in [0.1, 0.15) is 11.6 Å². The lowest BCUT2D eigenvalue weighted by molar-refractivity contribution is -0.384. The van der Waals surface area contributed by atoms with E-state index in [1.165, 1.54) is 12.1 Å². The number of hydrogen-bond acceptors (Lipinski definition) is 6. The molecule has 0 bridgehead atoms. The number of anilines is 2. The van der Waals surface area contributed by atoms with E-state index in [4.69, 9.17) is 5.11 Å². The van der Waals surface area contributed by atoms with E-state index in [1.807, 2.05) is 13.8 Å². The quantitative estimate of drug-likeness (QED) is 0.491. The number of rotatable bonds is 8. The number of nitro groups is 1. The van der Waals surface area contributed by atoms with Gasteiger partial charge in [-0.2, -0.15) is 0 Å². The Bertz CT molecular complexity index is 425. The predicted octanol–water partition coefficient (Wildman–Crippen LogP) is 1.85. The number of aliphatic hydroxyl groups excluding tert-OH is 1. The van der Waals surface area contributed by atoms with Crippen LogP contribution in [0.3, 0.4) is 0 Å². The largest absolute Gasteiger partial charge is 0.396 e. The van der Waals surface area contributed by atoms with Crippen molar-refractivity contribution < 1.29 is 10.0 Å². The van der Waals surface area contributed by atoms with Crippen LogP contribution in [0.2, 0.25) is 0 Å². The van der Waals surface area contributed by atoms with Crippen LogP contribution in [0.1, 0.15) is 20.3 Å². The number of hydrogen-bond donors (Lipinski definition) is 3. The average Bonchev–Trinajstić information content (AvgIpc) is 2.42. The summed E-state index contributed by atoms with van der Waals surface area (Å²) in [6.07, 6.45) is 0.911. The van der Waals surface area contributed by atoms with Gasteiger partial charge in [-0.1, -0.05) is 13.8 Å². The first-order chi connectivity index (χ1) is 9.06. The maximum absolute atomic E-state index is 10.9. The fourth-order valence-electron chi connectivity index (χ4n) is 1.40. The van der Waals surface area contributed by atoms with Crippen molar-refractivity contribution in [3.05, 3.63) is 22.2 Å². The third kappa shape index (κ3) is 5.09. The summed E-state index contributed by atoms with van der Waals surface area (Å²) in [6, 6.07) is 2.80. The Balaban J connectivity index is 2.83. The van der Waals surface area contributed by atoms with E-state index < -0.39 is 4.92 Å². The number of pyridine rings is 1. The van der Waals surface area contributed by atoms with Gasteiger partial charge >= 0.3 is 0 Å². The minimum Gasteiger partial charge on any atom is -0.396 e. The van der Waals surface area contributed by atoms with Gasteiger partial charge in [0.25, 0.3) is 5.69 Å². The van der Waals surface area contributed by atoms with Crippen molar-refractivity contribution >= 4 is 17.3 Å². The van der Waals surface area contributed by atoms with Crippen LogP contribution >= 0.6 is 0 Å². The molecule has 1 unspecified atom stereocenters. The molecule has 0 aliphatic heterocycles. The van der Waals surface area contributed by atoms with Crippen LogP contribution in [-0.4, -0.2) is 34.7 Å². The minimum atomic E-state index is -0.445. The van der Waals surface area contributed by atoms with Crippen molar-refractivity contribution in [3.63, 3.8) is 0 Å². The molecule has 106 valence electrons. The van der Waals surface area contributed by atoms with Crippen molar-refractivity contribution in [1.82, 2.24) is 4.98 Å². The van der Waals surface area contributed by atoms with E-state index in [0.717, 1.165) is 6.42 Å². The molecule has 7 nitrogen and oxygen atoms in total. The Morgan fingerprint density at radius 3 is 2.58 bits per heavy atom. The van der Waals surface area contributed by atoms with Crippen molar-refractivity contribution in [2.45, 2.75) is 20.3 Å². The monoisotopic (exact) mass is 268 g/mol. The number of aromatic nitrogens is 1. The van der Waals surface area contributed by atoms with Gasteiger partial charge in [-0.15, -0.1) is 0 Å². The Kier molecular flexibility index (Phi) is 6.01. The first-order valence-corrected chi connectivity index (χ1v) is 6.31. The molecule has 1 aromatic heterocycles. The maximum atomic E-state index is 10.9. The highest BCUT2D eigenvalue weighted by Gasteiger charge is 2.11. The normalized spacial score (nSPS) is 11.9. The van der Waals surface area contributed by atoms with Gasteiger partial charge in [0, 0.05) is 19.7 Å². The molecule has 0 amide bonds. The Morgan fingerprint density at radius 2 is 2.05 bits per heavy atom. The summed E-state index contributed by atoms with van der Waals surface area (Å²) in [7, 11) is 0. The van der Waals surface area contributed by atoms with Crippen LogP contribution in [0.5, 0.6) is 0 Å². The smallest absolute Gasteiger partial charge is 0.276 e. The molecule has 1 rings (SSSR count). The first kappa shape index (κ1) is 15.2. The van der Waals surface area contributed by atoms with Crippen molar-refractivity contribution in [3.8, 4) is 0 Å². The molecule has 0 aliphatic rings. The van der Waals surface area contributed by atoms with E-state index in [0.29, 0.717) is 24.7 Å². The second-order valence-electron chi connectivity index (χ2n) is 4.45. The van der Waals surface area contributed by atoms with Gasteiger partial charge in [0.15, 0.2) is 0 Å². The zero-order valence-corrected chi connectivity index (χ0v) is 11.2. The highest BCUT2D eigenvalue weighted by Crippen LogP contribution is 2.20. The molecule has 1 atom stereocenters. The van der Waals surface area contributed by atoms with Crippen LogP contribution in [0.15, 0.2) is 12.1 Å². The van der Waals surface area contributed by atoms with Crippen LogP contribution in [-0.2, 0) is 0 Å². The SMILES string of the molecule is CCCNc1cc([N+](=O)[O-])cc(NCC(C)CO)n1. The molecule has 0 spiro atoms. The topological polar surface area (TPSA) is 100 Å². The van der Waals surface area contributed by atoms with E-state index in [9.17, 15) is 10.1 Å². The molecule has 1 aromatic rings. The summed E-state index contributed by atoms with van der Waals surface area (Å²) < 4.78 is 0. The van der Waals surface area contributed by atoms with Gasteiger partial charge in [0.05, 0.1) is 17.1 Å². The van der Waals surface area contributed by atoms with E-state index in [-0.39, 0.29) is 18.2 Å². The molecular weight excluding hydrogens is 248 g/mol. The number of aliphatic hydroxyl groups is 1. The summed E-state index contributed by atoms with van der Waals surface area (Å²) in [5.74, 6) is 0.983. The average molecular weight is 268 g/mol. The van der Waals surface area contributed by atoms with E-state index in [1.54, 1.807) is 0 Å². The van der Waals surface area contributed by atoms with Crippen LogP contribution < -0.4 is 10.6 Å². The first-order valence-electron chi connectivity index (χ1n) is 6.31. The Hall–Kier alpha value is -1.89. The zero-order valence-electron chi connectivity index (χ0n) is 11.2. The molecule has 0 aromatic carbocycles. The predicted molar refractivity (Wildman–Crippen MR) is 74.4 cm³/mol.